The second kappa shape index (κ2) is 8.79. The minimum Gasteiger partial charge on any atom is -0.459 e. The zero-order chi connectivity index (χ0) is 19.2. The fourth-order valence-electron chi connectivity index (χ4n) is 2.33. The molecule has 7 heteroatoms. The van der Waals surface area contributed by atoms with E-state index in [-0.39, 0.29) is 23.3 Å². The average Bonchev–Trinajstić information content (AvgIpc) is 3.18. The summed E-state index contributed by atoms with van der Waals surface area (Å²) in [5, 5.41) is 6.20. The molecule has 0 spiro atoms. The molecule has 1 aromatic heterocycles. The molecule has 2 aromatic carbocycles. The second-order valence-corrected chi connectivity index (χ2v) is 7.24. The number of nitrogens with one attached hydrogen (secondary N) is 2. The topological polar surface area (TPSA) is 71.3 Å². The fraction of sp³-hybridized carbons (Fsp3) is 0.100. The van der Waals surface area contributed by atoms with Crippen LogP contribution in [0.3, 0.4) is 0 Å². The van der Waals surface area contributed by atoms with Gasteiger partial charge in [-0.1, -0.05) is 23.7 Å². The maximum Gasteiger partial charge on any atom is 0.291 e. The Morgan fingerprint density at radius 3 is 2.70 bits per heavy atom. The first-order chi connectivity index (χ1) is 13.0. The van der Waals surface area contributed by atoms with Crippen molar-refractivity contribution in [3.8, 4) is 0 Å². The van der Waals surface area contributed by atoms with E-state index >= 15 is 0 Å². The first-order valence-electron chi connectivity index (χ1n) is 8.15. The van der Waals surface area contributed by atoms with Gasteiger partial charge in [-0.05, 0) is 55.0 Å². The SMILES string of the molecule is Cc1ccc(Cl)cc1NC(=O)CSc1cccc(NC(=O)c2ccco2)c1. The molecule has 138 valence electrons. The number of anilines is 2. The van der Waals surface area contributed by atoms with Gasteiger partial charge in [-0.2, -0.15) is 0 Å². The third-order valence-corrected chi connectivity index (χ3v) is 4.91. The summed E-state index contributed by atoms with van der Waals surface area (Å²) in [6.07, 6.45) is 1.45. The first-order valence-corrected chi connectivity index (χ1v) is 9.51. The molecule has 3 aromatic rings. The van der Waals surface area contributed by atoms with Gasteiger partial charge in [0.2, 0.25) is 5.91 Å². The smallest absolute Gasteiger partial charge is 0.291 e. The number of hydrogen-bond donors (Lipinski definition) is 2. The highest BCUT2D eigenvalue weighted by Gasteiger charge is 2.10. The predicted molar refractivity (Wildman–Crippen MR) is 109 cm³/mol. The number of rotatable bonds is 6. The number of aryl methyl sites for hydroxylation is 1. The van der Waals surface area contributed by atoms with Crippen LogP contribution < -0.4 is 10.6 Å². The molecule has 0 aliphatic carbocycles. The number of carbonyl (C=O) groups is 2. The summed E-state index contributed by atoms with van der Waals surface area (Å²) in [7, 11) is 0. The lowest BCUT2D eigenvalue weighted by atomic mass is 10.2. The molecule has 0 saturated heterocycles. The largest absolute Gasteiger partial charge is 0.459 e. The van der Waals surface area contributed by atoms with Crippen LogP contribution in [-0.2, 0) is 4.79 Å². The molecule has 0 bridgehead atoms. The molecule has 0 atom stereocenters. The highest BCUT2D eigenvalue weighted by atomic mass is 35.5. The van der Waals surface area contributed by atoms with Crippen molar-refractivity contribution in [2.45, 2.75) is 11.8 Å². The molecular weight excluding hydrogens is 384 g/mol. The van der Waals surface area contributed by atoms with Gasteiger partial charge in [0, 0.05) is 21.3 Å². The van der Waals surface area contributed by atoms with Gasteiger partial charge < -0.3 is 15.1 Å². The molecule has 5 nitrogen and oxygen atoms in total. The maximum absolute atomic E-state index is 12.2. The molecule has 3 rings (SSSR count). The predicted octanol–water partition coefficient (Wildman–Crippen LogP) is 5.22. The minimum absolute atomic E-state index is 0.129. The van der Waals surface area contributed by atoms with Crippen molar-refractivity contribution in [1.82, 2.24) is 0 Å². The first kappa shape index (κ1) is 19.1. The van der Waals surface area contributed by atoms with Gasteiger partial charge in [0.25, 0.3) is 5.91 Å². The zero-order valence-corrected chi connectivity index (χ0v) is 16.1. The minimum atomic E-state index is -0.323. The van der Waals surface area contributed by atoms with Crippen LogP contribution in [0.1, 0.15) is 16.1 Å². The van der Waals surface area contributed by atoms with Crippen LogP contribution in [0.4, 0.5) is 11.4 Å². The number of benzene rings is 2. The van der Waals surface area contributed by atoms with Crippen LogP contribution in [0.5, 0.6) is 0 Å². The summed E-state index contributed by atoms with van der Waals surface area (Å²) in [4.78, 5) is 25.1. The molecule has 0 aliphatic heterocycles. The number of carbonyl (C=O) groups excluding carboxylic acids is 2. The van der Waals surface area contributed by atoms with Crippen LogP contribution in [0.15, 0.2) is 70.2 Å². The number of amides is 2. The standard InChI is InChI=1S/C20H17ClN2O3S/c1-13-7-8-14(21)10-17(13)23-19(24)12-27-16-5-2-4-15(11-16)22-20(25)18-6-3-9-26-18/h2-11H,12H2,1H3,(H,22,25)(H,23,24). The Bertz CT molecular complexity index is 958. The quantitative estimate of drug-likeness (QED) is 0.556. The van der Waals surface area contributed by atoms with Gasteiger partial charge in [-0.15, -0.1) is 11.8 Å². The molecule has 0 saturated carbocycles. The summed E-state index contributed by atoms with van der Waals surface area (Å²) in [5.74, 6) is 0.0256. The maximum atomic E-state index is 12.2. The Morgan fingerprint density at radius 2 is 1.93 bits per heavy atom. The summed E-state index contributed by atoms with van der Waals surface area (Å²) in [6, 6.07) is 15.9. The van der Waals surface area contributed by atoms with Crippen molar-refractivity contribution >= 4 is 46.6 Å². The normalized spacial score (nSPS) is 10.4. The van der Waals surface area contributed by atoms with Crippen LogP contribution in [0.2, 0.25) is 5.02 Å². The molecule has 0 fully saturated rings. The van der Waals surface area contributed by atoms with E-state index in [2.05, 4.69) is 10.6 Å². The van der Waals surface area contributed by atoms with E-state index in [1.54, 1.807) is 30.3 Å². The van der Waals surface area contributed by atoms with E-state index in [4.69, 9.17) is 16.0 Å². The molecule has 2 N–H and O–H groups in total. The number of hydrogen-bond acceptors (Lipinski definition) is 4. The Hall–Kier alpha value is -2.70. The highest BCUT2D eigenvalue weighted by molar-refractivity contribution is 8.00. The summed E-state index contributed by atoms with van der Waals surface area (Å²) >= 11 is 7.35. The van der Waals surface area contributed by atoms with Crippen molar-refractivity contribution in [2.24, 2.45) is 0 Å². The Morgan fingerprint density at radius 1 is 1.07 bits per heavy atom. The number of thioether (sulfide) groups is 1. The van der Waals surface area contributed by atoms with Crippen molar-refractivity contribution in [3.05, 3.63) is 77.2 Å². The summed E-state index contributed by atoms with van der Waals surface area (Å²) in [5.41, 5.74) is 2.28. The molecule has 2 amide bonds. The van der Waals surface area contributed by atoms with Crippen molar-refractivity contribution in [2.75, 3.05) is 16.4 Å². The third kappa shape index (κ3) is 5.39. The molecule has 0 unspecified atom stereocenters. The van der Waals surface area contributed by atoms with E-state index in [0.29, 0.717) is 16.4 Å². The Kier molecular flexibility index (Phi) is 6.21. The highest BCUT2D eigenvalue weighted by Crippen LogP contribution is 2.24. The fourth-order valence-corrected chi connectivity index (χ4v) is 3.26. The van der Waals surface area contributed by atoms with E-state index < -0.39 is 0 Å². The average molecular weight is 401 g/mol. The van der Waals surface area contributed by atoms with Gasteiger partial charge in [0.15, 0.2) is 5.76 Å². The summed E-state index contributed by atoms with van der Waals surface area (Å²) < 4.78 is 5.07. The molecule has 27 heavy (non-hydrogen) atoms. The van der Waals surface area contributed by atoms with Gasteiger partial charge >= 0.3 is 0 Å². The number of furan rings is 1. The molecule has 1 heterocycles. The zero-order valence-electron chi connectivity index (χ0n) is 14.5. The third-order valence-electron chi connectivity index (χ3n) is 3.68. The van der Waals surface area contributed by atoms with Gasteiger partial charge in [-0.25, -0.2) is 0 Å². The van der Waals surface area contributed by atoms with E-state index in [9.17, 15) is 9.59 Å². The van der Waals surface area contributed by atoms with Crippen molar-refractivity contribution < 1.29 is 14.0 Å². The van der Waals surface area contributed by atoms with Crippen LogP contribution >= 0.6 is 23.4 Å². The number of halogens is 1. The lowest BCUT2D eigenvalue weighted by Gasteiger charge is -2.09. The van der Waals surface area contributed by atoms with E-state index in [1.165, 1.54) is 18.0 Å². The Balaban J connectivity index is 1.57. The monoisotopic (exact) mass is 400 g/mol. The van der Waals surface area contributed by atoms with Crippen molar-refractivity contribution in [1.29, 1.82) is 0 Å². The second-order valence-electron chi connectivity index (χ2n) is 5.76. The lowest BCUT2D eigenvalue weighted by Crippen LogP contribution is -2.15. The van der Waals surface area contributed by atoms with Crippen LogP contribution in [0.25, 0.3) is 0 Å². The van der Waals surface area contributed by atoms with E-state index in [0.717, 1.165) is 10.5 Å². The van der Waals surface area contributed by atoms with E-state index in [1.807, 2.05) is 31.2 Å². The lowest BCUT2D eigenvalue weighted by molar-refractivity contribution is -0.113. The van der Waals surface area contributed by atoms with Gasteiger partial charge in [0.05, 0.1) is 12.0 Å². The van der Waals surface area contributed by atoms with Gasteiger partial charge in [-0.3, -0.25) is 9.59 Å². The van der Waals surface area contributed by atoms with Crippen LogP contribution in [0, 0.1) is 6.92 Å². The van der Waals surface area contributed by atoms with Crippen LogP contribution in [-0.4, -0.2) is 17.6 Å². The molecular formula is C20H17ClN2O3S. The molecule has 0 radical (unpaired) electrons. The Labute approximate surface area is 166 Å². The molecule has 0 aliphatic rings. The van der Waals surface area contributed by atoms with Gasteiger partial charge in [0.1, 0.15) is 0 Å². The van der Waals surface area contributed by atoms with Crippen molar-refractivity contribution in [3.63, 3.8) is 0 Å². The summed E-state index contributed by atoms with van der Waals surface area (Å²) in [6.45, 7) is 1.91.